The van der Waals surface area contributed by atoms with Crippen LogP contribution in [0.5, 0.6) is 0 Å². The molecule has 0 aromatic heterocycles. The van der Waals surface area contributed by atoms with Gasteiger partial charge in [0.1, 0.15) is 6.61 Å². The van der Waals surface area contributed by atoms with E-state index in [2.05, 4.69) is 0 Å². The first-order valence-electron chi connectivity index (χ1n) is 10.8. The number of nitrogens with zero attached hydrogens (tertiary/aromatic N) is 1. The van der Waals surface area contributed by atoms with Crippen molar-refractivity contribution in [2.24, 2.45) is 0 Å². The van der Waals surface area contributed by atoms with Gasteiger partial charge in [0.15, 0.2) is 0 Å². The second-order valence-electron chi connectivity index (χ2n) is 8.21. The van der Waals surface area contributed by atoms with Gasteiger partial charge in [-0.15, -0.1) is 0 Å². The summed E-state index contributed by atoms with van der Waals surface area (Å²) in [7, 11) is 0. The third-order valence-electron chi connectivity index (χ3n) is 6.01. The fraction of sp³-hybridized carbons (Fsp3) is 0.375. The van der Waals surface area contributed by atoms with Crippen molar-refractivity contribution in [1.29, 1.82) is 0 Å². The Labute approximate surface area is 199 Å². The highest BCUT2D eigenvalue weighted by Gasteiger charge is 2.45. The predicted molar refractivity (Wildman–Crippen MR) is 123 cm³/mol. The Balaban J connectivity index is 1.35. The van der Waals surface area contributed by atoms with E-state index in [-0.39, 0.29) is 24.8 Å². The van der Waals surface area contributed by atoms with E-state index in [1.54, 1.807) is 0 Å². The maximum Gasteiger partial charge on any atom is 0.407 e. The lowest BCUT2D eigenvalue weighted by Gasteiger charge is -2.36. The number of hydrogen-bond donors (Lipinski definition) is 2. The van der Waals surface area contributed by atoms with E-state index in [4.69, 9.17) is 9.84 Å². The highest BCUT2D eigenvalue weighted by Crippen LogP contribution is 2.44. The molecule has 1 heterocycles. The van der Waals surface area contributed by atoms with Crippen molar-refractivity contribution in [3.05, 3.63) is 59.7 Å². The summed E-state index contributed by atoms with van der Waals surface area (Å²) >= 11 is 1.41. The maximum atomic E-state index is 14.6. The normalized spacial score (nSPS) is 17.6. The zero-order chi connectivity index (χ0) is 24.3. The number of carbonyl (C=O) groups excluding carboxylic acids is 2. The molecular formula is C24H24F2N2O5S. The van der Waals surface area contributed by atoms with E-state index in [9.17, 15) is 23.2 Å². The first kappa shape index (κ1) is 24.0. The fourth-order valence-electron chi connectivity index (χ4n) is 4.41. The number of alkyl carbamates (subject to hydrolysis) is 1. The number of hydrogen-bond acceptors (Lipinski definition) is 5. The van der Waals surface area contributed by atoms with Crippen LogP contribution in [0, 0.1) is 0 Å². The SMILES string of the molecule is O=C(O)CC1CSCCN1C(=O)C(F)(F)CNC(=O)OCC1c2ccccc2-c2ccccc21. The molecule has 0 bridgehead atoms. The van der Waals surface area contributed by atoms with Gasteiger partial charge in [0.2, 0.25) is 0 Å². The van der Waals surface area contributed by atoms with Gasteiger partial charge in [-0.25, -0.2) is 4.79 Å². The van der Waals surface area contributed by atoms with Crippen molar-refractivity contribution in [1.82, 2.24) is 10.2 Å². The molecule has 4 rings (SSSR count). The smallest absolute Gasteiger partial charge is 0.407 e. The standard InChI is InChI=1S/C24H24F2N2O5S/c25-24(26,22(31)28-9-10-34-13-15(28)11-21(29)30)14-27-23(32)33-12-20-18-7-3-1-5-16(18)17-6-2-4-8-19(17)20/h1-8,15,20H,9-14H2,(H,27,32)(H,29,30). The zero-order valence-corrected chi connectivity index (χ0v) is 19.0. The first-order chi connectivity index (χ1) is 16.3. The number of amides is 2. The first-order valence-corrected chi connectivity index (χ1v) is 12.0. The van der Waals surface area contributed by atoms with Crippen LogP contribution in [-0.4, -0.2) is 71.1 Å². The van der Waals surface area contributed by atoms with E-state index >= 15 is 0 Å². The summed E-state index contributed by atoms with van der Waals surface area (Å²) in [5, 5.41) is 11.0. The van der Waals surface area contributed by atoms with Crippen LogP contribution >= 0.6 is 11.8 Å². The van der Waals surface area contributed by atoms with Crippen LogP contribution in [0.1, 0.15) is 23.5 Å². The van der Waals surface area contributed by atoms with Gasteiger partial charge in [-0.1, -0.05) is 48.5 Å². The van der Waals surface area contributed by atoms with Crippen LogP contribution in [0.3, 0.4) is 0 Å². The largest absolute Gasteiger partial charge is 0.481 e. The molecule has 2 amide bonds. The van der Waals surface area contributed by atoms with Gasteiger partial charge in [0.25, 0.3) is 5.91 Å². The van der Waals surface area contributed by atoms with Gasteiger partial charge < -0.3 is 20.1 Å². The minimum atomic E-state index is -3.88. The monoisotopic (exact) mass is 490 g/mol. The number of carbonyl (C=O) groups is 3. The molecular weight excluding hydrogens is 466 g/mol. The summed E-state index contributed by atoms with van der Waals surface area (Å²) in [5.41, 5.74) is 4.06. The highest BCUT2D eigenvalue weighted by molar-refractivity contribution is 7.99. The van der Waals surface area contributed by atoms with Crippen molar-refractivity contribution in [2.75, 3.05) is 31.2 Å². The molecule has 1 saturated heterocycles. The molecule has 2 aromatic rings. The number of fused-ring (bicyclic) bond motifs is 3. The number of halogens is 2. The van der Waals surface area contributed by atoms with Crippen LogP contribution in [0.15, 0.2) is 48.5 Å². The molecule has 10 heteroatoms. The number of rotatable bonds is 7. The number of benzene rings is 2. The fourth-order valence-corrected chi connectivity index (χ4v) is 5.47. The Morgan fingerprint density at radius 1 is 1.09 bits per heavy atom. The van der Waals surface area contributed by atoms with E-state index in [0.717, 1.165) is 27.2 Å². The number of thioether (sulfide) groups is 1. The van der Waals surface area contributed by atoms with Crippen molar-refractivity contribution in [3.63, 3.8) is 0 Å². The molecule has 34 heavy (non-hydrogen) atoms. The van der Waals surface area contributed by atoms with Gasteiger partial charge in [0, 0.05) is 24.0 Å². The zero-order valence-electron chi connectivity index (χ0n) is 18.2. The van der Waals surface area contributed by atoms with Crippen LogP contribution in [0.25, 0.3) is 11.1 Å². The molecule has 0 spiro atoms. The van der Waals surface area contributed by atoms with E-state index in [1.165, 1.54) is 11.8 Å². The number of nitrogens with one attached hydrogen (secondary N) is 1. The lowest BCUT2D eigenvalue weighted by atomic mass is 9.98. The molecule has 1 unspecified atom stereocenters. The average Bonchev–Trinajstić information content (AvgIpc) is 3.15. The maximum absolute atomic E-state index is 14.6. The number of aliphatic carboxylic acids is 1. The topological polar surface area (TPSA) is 95.9 Å². The second-order valence-corrected chi connectivity index (χ2v) is 9.36. The highest BCUT2D eigenvalue weighted by atomic mass is 32.2. The molecule has 2 N–H and O–H groups in total. The van der Waals surface area contributed by atoms with E-state index in [0.29, 0.717) is 5.75 Å². The molecule has 180 valence electrons. The summed E-state index contributed by atoms with van der Waals surface area (Å²) in [5.74, 6) is -6.04. The molecule has 7 nitrogen and oxygen atoms in total. The minimum Gasteiger partial charge on any atom is -0.481 e. The van der Waals surface area contributed by atoms with Gasteiger partial charge in [-0.2, -0.15) is 20.5 Å². The Morgan fingerprint density at radius 3 is 2.32 bits per heavy atom. The molecule has 0 radical (unpaired) electrons. The van der Waals surface area contributed by atoms with Gasteiger partial charge in [-0.05, 0) is 22.3 Å². The number of carboxylic acids is 1. The Morgan fingerprint density at radius 2 is 1.71 bits per heavy atom. The molecule has 2 aromatic carbocycles. The predicted octanol–water partition coefficient (Wildman–Crippen LogP) is 3.58. The minimum absolute atomic E-state index is 0.0297. The number of carboxylic acid groups (broad SMARTS) is 1. The average molecular weight is 491 g/mol. The molecule has 1 fully saturated rings. The summed E-state index contributed by atoms with van der Waals surface area (Å²) in [6.45, 7) is -1.24. The molecule has 1 aliphatic carbocycles. The van der Waals surface area contributed by atoms with Crippen LogP contribution in [0.2, 0.25) is 0 Å². The molecule has 0 saturated carbocycles. The molecule has 1 aliphatic heterocycles. The third-order valence-corrected chi connectivity index (χ3v) is 7.10. The number of alkyl halides is 2. The van der Waals surface area contributed by atoms with Crippen molar-refractivity contribution >= 4 is 29.7 Å². The van der Waals surface area contributed by atoms with Gasteiger partial charge in [0.05, 0.1) is 19.0 Å². The van der Waals surface area contributed by atoms with Gasteiger partial charge >= 0.3 is 18.0 Å². The lowest BCUT2D eigenvalue weighted by Crippen LogP contribution is -2.56. The van der Waals surface area contributed by atoms with Crippen LogP contribution in [-0.2, 0) is 14.3 Å². The number of ether oxygens (including phenoxy) is 1. The molecule has 2 aliphatic rings. The van der Waals surface area contributed by atoms with E-state index in [1.807, 2.05) is 53.8 Å². The summed E-state index contributed by atoms with van der Waals surface area (Å²) in [6, 6.07) is 14.7. The Kier molecular flexibility index (Phi) is 7.06. The molecule has 1 atom stereocenters. The van der Waals surface area contributed by atoms with Gasteiger partial charge in [-0.3, -0.25) is 9.59 Å². The summed E-state index contributed by atoms with van der Waals surface area (Å²) < 4.78 is 34.4. The summed E-state index contributed by atoms with van der Waals surface area (Å²) in [4.78, 5) is 36.6. The van der Waals surface area contributed by atoms with E-state index < -0.39 is 42.9 Å². The Hall–Kier alpha value is -3.14. The lowest BCUT2D eigenvalue weighted by molar-refractivity contribution is -0.159. The van der Waals surface area contributed by atoms with Crippen molar-refractivity contribution in [3.8, 4) is 11.1 Å². The Bertz CT molecular complexity index is 1050. The second kappa shape index (κ2) is 10.0. The van der Waals surface area contributed by atoms with Crippen molar-refractivity contribution < 1.29 is 33.0 Å². The quantitative estimate of drug-likeness (QED) is 0.616. The van der Waals surface area contributed by atoms with Crippen molar-refractivity contribution in [2.45, 2.75) is 24.3 Å². The third kappa shape index (κ3) is 5.01. The van der Waals surface area contributed by atoms with Crippen LogP contribution < -0.4 is 5.32 Å². The summed E-state index contributed by atoms with van der Waals surface area (Å²) in [6.07, 6.45) is -1.46. The van der Waals surface area contributed by atoms with Crippen LogP contribution in [0.4, 0.5) is 13.6 Å².